The number of guanidine groups is 1. The lowest BCUT2D eigenvalue weighted by molar-refractivity contribution is 0.0531. The number of aromatic nitrogens is 1. The molecule has 30 heavy (non-hydrogen) atoms. The molecule has 162 valence electrons. The molecule has 1 unspecified atom stereocenters. The molecule has 0 aliphatic carbocycles. The van der Waals surface area contributed by atoms with Gasteiger partial charge in [-0.2, -0.15) is 0 Å². The quantitative estimate of drug-likeness (QED) is 0.349. The summed E-state index contributed by atoms with van der Waals surface area (Å²) in [4.78, 5) is 32.5. The Morgan fingerprint density at radius 1 is 1.27 bits per heavy atom. The molecule has 0 saturated heterocycles. The number of amides is 1. The first kappa shape index (κ1) is 23.1. The Kier molecular flexibility index (Phi) is 8.60. The van der Waals surface area contributed by atoms with Crippen LogP contribution in [0.4, 0.5) is 10.5 Å². The maximum atomic E-state index is 12.0. The third kappa shape index (κ3) is 6.45. The molecule has 3 N–H and O–H groups in total. The number of carbonyl (C=O) groups is 2. The zero-order valence-corrected chi connectivity index (χ0v) is 18.6. The summed E-state index contributed by atoms with van der Waals surface area (Å²) >= 11 is 1.32. The molecule has 0 spiro atoms. The largest absolute Gasteiger partial charge is 0.462 e. The number of benzene rings is 1. The molecule has 1 amide bonds. The molecule has 10 heteroatoms. The molecule has 0 aliphatic rings. The second kappa shape index (κ2) is 11.1. The van der Waals surface area contributed by atoms with Crippen LogP contribution in [0.2, 0.25) is 0 Å². The highest BCUT2D eigenvalue weighted by Gasteiger charge is 2.20. The van der Waals surface area contributed by atoms with E-state index in [2.05, 4.69) is 30.7 Å². The first-order valence-corrected chi connectivity index (χ1v) is 10.2. The zero-order valence-electron chi connectivity index (χ0n) is 17.7. The van der Waals surface area contributed by atoms with Gasteiger partial charge in [0, 0.05) is 19.3 Å². The van der Waals surface area contributed by atoms with Crippen molar-refractivity contribution in [3.05, 3.63) is 45.4 Å². The molecule has 1 heterocycles. The van der Waals surface area contributed by atoms with Crippen LogP contribution in [0, 0.1) is 6.92 Å². The average Bonchev–Trinajstić information content (AvgIpc) is 3.14. The molecule has 1 atom stereocenters. The summed E-state index contributed by atoms with van der Waals surface area (Å²) in [5.41, 5.74) is 2.32. The predicted molar refractivity (Wildman–Crippen MR) is 117 cm³/mol. The summed E-state index contributed by atoms with van der Waals surface area (Å²) < 4.78 is 9.64. The first-order chi connectivity index (χ1) is 14.4. The molecule has 1 aromatic heterocycles. The van der Waals surface area contributed by atoms with Crippen LogP contribution in [0.25, 0.3) is 0 Å². The fraction of sp³-hybridized carbons (Fsp3) is 0.400. The Morgan fingerprint density at radius 3 is 2.57 bits per heavy atom. The minimum atomic E-state index is -0.511. The van der Waals surface area contributed by atoms with Crippen LogP contribution in [-0.4, -0.2) is 43.8 Å². The third-order valence-electron chi connectivity index (χ3n) is 4.07. The number of hydrogen-bond donors (Lipinski definition) is 3. The van der Waals surface area contributed by atoms with Crippen molar-refractivity contribution < 1.29 is 19.1 Å². The second-order valence-electron chi connectivity index (χ2n) is 6.29. The Balaban J connectivity index is 1.93. The molecule has 2 rings (SSSR count). The van der Waals surface area contributed by atoms with E-state index >= 15 is 0 Å². The highest BCUT2D eigenvalue weighted by Crippen LogP contribution is 2.24. The summed E-state index contributed by atoms with van der Waals surface area (Å²) in [7, 11) is 3.00. The fourth-order valence-electron chi connectivity index (χ4n) is 2.51. The van der Waals surface area contributed by atoms with Crippen molar-refractivity contribution in [1.82, 2.24) is 15.6 Å². The van der Waals surface area contributed by atoms with Gasteiger partial charge in [0.25, 0.3) is 0 Å². The van der Waals surface area contributed by atoms with Crippen molar-refractivity contribution >= 4 is 35.0 Å². The number of methoxy groups -OCH3 is 1. The van der Waals surface area contributed by atoms with E-state index in [9.17, 15) is 9.59 Å². The zero-order chi connectivity index (χ0) is 22.1. The molecule has 1 aromatic carbocycles. The average molecular weight is 434 g/mol. The van der Waals surface area contributed by atoms with Gasteiger partial charge in [-0.3, -0.25) is 10.3 Å². The van der Waals surface area contributed by atoms with E-state index in [1.54, 1.807) is 33.0 Å². The van der Waals surface area contributed by atoms with Gasteiger partial charge in [0.05, 0.1) is 25.5 Å². The van der Waals surface area contributed by atoms with Crippen LogP contribution in [0.15, 0.2) is 29.3 Å². The number of thiazole rings is 1. The monoisotopic (exact) mass is 433 g/mol. The number of aryl methyl sites for hydroxylation is 1. The van der Waals surface area contributed by atoms with E-state index in [1.165, 1.54) is 18.4 Å². The maximum Gasteiger partial charge on any atom is 0.411 e. The predicted octanol–water partition coefficient (Wildman–Crippen LogP) is 3.23. The van der Waals surface area contributed by atoms with Gasteiger partial charge in [-0.15, -0.1) is 11.3 Å². The van der Waals surface area contributed by atoms with Gasteiger partial charge < -0.3 is 20.1 Å². The van der Waals surface area contributed by atoms with Crippen LogP contribution >= 0.6 is 11.3 Å². The normalized spacial score (nSPS) is 12.1. The summed E-state index contributed by atoms with van der Waals surface area (Å²) in [5.74, 6) is 0.253. The number of anilines is 1. The second-order valence-corrected chi connectivity index (χ2v) is 7.32. The van der Waals surface area contributed by atoms with Crippen LogP contribution < -0.4 is 16.0 Å². The third-order valence-corrected chi connectivity index (χ3v) is 5.39. The number of carbonyl (C=O) groups excluding carboxylic acids is 2. The molecule has 9 nitrogen and oxygen atoms in total. The van der Waals surface area contributed by atoms with Gasteiger partial charge in [-0.25, -0.2) is 14.6 Å². The van der Waals surface area contributed by atoms with E-state index < -0.39 is 6.09 Å². The molecular weight excluding hydrogens is 406 g/mol. The van der Waals surface area contributed by atoms with Crippen LogP contribution in [0.5, 0.6) is 0 Å². The summed E-state index contributed by atoms with van der Waals surface area (Å²) in [5, 5.41) is 9.89. The fourth-order valence-corrected chi connectivity index (χ4v) is 3.47. The van der Waals surface area contributed by atoms with Gasteiger partial charge in [-0.05, 0) is 38.5 Å². The topological polar surface area (TPSA) is 114 Å². The number of esters is 1. The van der Waals surface area contributed by atoms with Crippen molar-refractivity contribution in [1.29, 1.82) is 0 Å². The smallest absolute Gasteiger partial charge is 0.411 e. The van der Waals surface area contributed by atoms with Crippen molar-refractivity contribution in [2.24, 2.45) is 4.99 Å². The highest BCUT2D eigenvalue weighted by atomic mass is 32.1. The molecule has 2 aromatic rings. The van der Waals surface area contributed by atoms with Crippen LogP contribution in [0.3, 0.4) is 0 Å². The van der Waals surface area contributed by atoms with Gasteiger partial charge in [0.15, 0.2) is 5.96 Å². The summed E-state index contributed by atoms with van der Waals surface area (Å²) in [6.45, 7) is 6.39. The van der Waals surface area contributed by atoms with Crippen molar-refractivity contribution in [3.63, 3.8) is 0 Å². The molecule has 0 radical (unpaired) electrons. The van der Waals surface area contributed by atoms with E-state index in [-0.39, 0.29) is 12.0 Å². The van der Waals surface area contributed by atoms with E-state index in [1.807, 2.05) is 19.1 Å². The Morgan fingerprint density at radius 2 is 1.97 bits per heavy atom. The number of aliphatic imine (C=N–C) groups is 1. The Labute approximate surface area is 179 Å². The maximum absolute atomic E-state index is 12.0. The molecular formula is C20H27N5O4S. The minimum absolute atomic E-state index is 0.144. The van der Waals surface area contributed by atoms with Gasteiger partial charge in [-0.1, -0.05) is 12.1 Å². The molecule has 0 aliphatic heterocycles. The Hall–Kier alpha value is -3.14. The van der Waals surface area contributed by atoms with E-state index in [0.29, 0.717) is 35.4 Å². The standard InChI is InChI=1S/C20H27N5O4S/c1-6-29-18(26)16-12(2)23-17(30-16)13(3)24-19(21-4)22-11-14-7-9-15(10-8-14)25-20(27)28-5/h7-10,13H,6,11H2,1-5H3,(H,25,27)(H2,21,22,24). The number of nitrogens with zero attached hydrogens (tertiary/aromatic N) is 2. The van der Waals surface area contributed by atoms with Gasteiger partial charge in [0.1, 0.15) is 9.88 Å². The van der Waals surface area contributed by atoms with Crippen LogP contribution in [0.1, 0.15) is 45.8 Å². The van der Waals surface area contributed by atoms with Crippen molar-refractivity contribution in [3.8, 4) is 0 Å². The van der Waals surface area contributed by atoms with E-state index in [0.717, 1.165) is 10.6 Å². The summed E-state index contributed by atoms with van der Waals surface area (Å²) in [6.07, 6.45) is -0.511. The molecule has 0 fully saturated rings. The minimum Gasteiger partial charge on any atom is -0.462 e. The lowest BCUT2D eigenvalue weighted by Crippen LogP contribution is -2.38. The Bertz CT molecular complexity index is 895. The number of hydrogen-bond acceptors (Lipinski definition) is 7. The lowest BCUT2D eigenvalue weighted by Gasteiger charge is -2.16. The van der Waals surface area contributed by atoms with Crippen LogP contribution in [-0.2, 0) is 16.0 Å². The first-order valence-electron chi connectivity index (χ1n) is 9.43. The number of ether oxygens (including phenoxy) is 2. The van der Waals surface area contributed by atoms with Crippen molar-refractivity contribution in [2.45, 2.75) is 33.4 Å². The molecule has 0 saturated carbocycles. The lowest BCUT2D eigenvalue weighted by atomic mass is 10.2. The van der Waals surface area contributed by atoms with Gasteiger partial charge >= 0.3 is 12.1 Å². The van der Waals surface area contributed by atoms with Crippen molar-refractivity contribution in [2.75, 3.05) is 26.1 Å². The number of nitrogens with one attached hydrogen (secondary N) is 3. The SMILES string of the molecule is CCOC(=O)c1sc(C(C)NC(=NC)NCc2ccc(NC(=O)OC)cc2)nc1C. The molecule has 0 bridgehead atoms. The van der Waals surface area contributed by atoms with E-state index in [4.69, 9.17) is 4.74 Å². The van der Waals surface area contributed by atoms with Gasteiger partial charge in [0.2, 0.25) is 0 Å². The summed E-state index contributed by atoms with van der Waals surface area (Å²) in [6, 6.07) is 7.23. The number of rotatable bonds is 7. The highest BCUT2D eigenvalue weighted by molar-refractivity contribution is 7.13.